The number of hydrogen-bond acceptors (Lipinski definition) is 1. The molecule has 1 fully saturated rings. The largest absolute Gasteiger partial charge is 0.364 e. The summed E-state index contributed by atoms with van der Waals surface area (Å²) in [6, 6.07) is 9.08. The first-order chi connectivity index (χ1) is 10.7. The molecule has 0 N–H and O–H groups in total. The van der Waals surface area contributed by atoms with Crippen LogP contribution in [0.15, 0.2) is 60.1 Å². The highest BCUT2D eigenvalue weighted by molar-refractivity contribution is 9.11. The minimum absolute atomic E-state index is 0.564. The van der Waals surface area contributed by atoms with Crippen LogP contribution in [-0.2, 0) is 0 Å². The van der Waals surface area contributed by atoms with E-state index in [0.717, 1.165) is 24.9 Å². The van der Waals surface area contributed by atoms with E-state index in [1.165, 1.54) is 35.0 Å². The van der Waals surface area contributed by atoms with Gasteiger partial charge >= 0.3 is 0 Å². The van der Waals surface area contributed by atoms with Crippen molar-refractivity contribution in [2.75, 3.05) is 18.0 Å². The van der Waals surface area contributed by atoms with E-state index in [4.69, 9.17) is 0 Å². The summed E-state index contributed by atoms with van der Waals surface area (Å²) in [4.78, 5) is 2.28. The number of rotatable bonds is 6. The molecular formula is C20H24BrN. The van der Waals surface area contributed by atoms with E-state index < -0.39 is 0 Å². The van der Waals surface area contributed by atoms with Gasteiger partial charge in [-0.2, -0.15) is 0 Å². The molecule has 22 heavy (non-hydrogen) atoms. The van der Waals surface area contributed by atoms with Gasteiger partial charge in [-0.1, -0.05) is 52.7 Å². The van der Waals surface area contributed by atoms with Crippen LogP contribution in [0, 0.1) is 11.8 Å². The smallest absolute Gasteiger partial charge is 0.0372 e. The Morgan fingerprint density at radius 2 is 1.77 bits per heavy atom. The highest BCUT2D eigenvalue weighted by Crippen LogP contribution is 2.53. The molecule has 116 valence electrons. The standard InChI is InChI=1S/C20H24BrN/c1-3-12-22(13-4-2)17-10-8-15(9-11-17)20-18-7-5-6-16(18)14-19(20)21/h3-4,8-11,14,16,18,20H,1-2,5-7,12-13H2. The highest BCUT2D eigenvalue weighted by Gasteiger charge is 2.39. The molecule has 3 atom stereocenters. The molecule has 1 saturated carbocycles. The summed E-state index contributed by atoms with van der Waals surface area (Å²) < 4.78 is 1.39. The molecule has 0 radical (unpaired) electrons. The van der Waals surface area contributed by atoms with E-state index in [1.807, 2.05) is 12.2 Å². The fourth-order valence-electron chi connectivity index (χ4n) is 4.05. The van der Waals surface area contributed by atoms with Gasteiger partial charge in [0.15, 0.2) is 0 Å². The summed E-state index contributed by atoms with van der Waals surface area (Å²) >= 11 is 3.82. The quantitative estimate of drug-likeness (QED) is 0.594. The zero-order valence-corrected chi connectivity index (χ0v) is 14.6. The Hall–Kier alpha value is -1.28. The first-order valence-corrected chi connectivity index (χ1v) is 8.97. The summed E-state index contributed by atoms with van der Waals surface area (Å²) in [7, 11) is 0. The third-order valence-corrected chi connectivity index (χ3v) is 5.80. The lowest BCUT2D eigenvalue weighted by molar-refractivity contribution is 0.448. The van der Waals surface area contributed by atoms with Crippen LogP contribution in [0.2, 0.25) is 0 Å². The fourth-order valence-corrected chi connectivity index (χ4v) is 4.99. The van der Waals surface area contributed by atoms with Crippen LogP contribution in [0.5, 0.6) is 0 Å². The zero-order valence-electron chi connectivity index (χ0n) is 13.0. The lowest BCUT2D eigenvalue weighted by Gasteiger charge is -2.24. The maximum Gasteiger partial charge on any atom is 0.0372 e. The number of benzene rings is 1. The Labute approximate surface area is 142 Å². The predicted molar refractivity (Wildman–Crippen MR) is 99.6 cm³/mol. The molecule has 3 unspecified atom stereocenters. The van der Waals surface area contributed by atoms with Gasteiger partial charge in [0.1, 0.15) is 0 Å². The number of hydrogen-bond donors (Lipinski definition) is 0. The fraction of sp³-hybridized carbons (Fsp3) is 0.400. The second kappa shape index (κ2) is 6.87. The number of halogens is 1. The van der Waals surface area contributed by atoms with Crippen LogP contribution in [-0.4, -0.2) is 13.1 Å². The molecule has 3 rings (SSSR count). The van der Waals surface area contributed by atoms with E-state index in [2.05, 4.69) is 64.3 Å². The molecule has 0 saturated heterocycles. The van der Waals surface area contributed by atoms with Crippen molar-refractivity contribution in [3.8, 4) is 0 Å². The van der Waals surface area contributed by atoms with E-state index in [1.54, 1.807) is 0 Å². The van der Waals surface area contributed by atoms with E-state index >= 15 is 0 Å². The van der Waals surface area contributed by atoms with Crippen LogP contribution in [0.3, 0.4) is 0 Å². The van der Waals surface area contributed by atoms with E-state index in [0.29, 0.717) is 5.92 Å². The molecule has 0 bridgehead atoms. The van der Waals surface area contributed by atoms with Gasteiger partial charge in [-0.25, -0.2) is 0 Å². The SMILES string of the molecule is C=CCN(CC=C)c1ccc(C2C(Br)=CC3CCCC32)cc1. The topological polar surface area (TPSA) is 3.24 Å². The van der Waals surface area contributed by atoms with Crippen molar-refractivity contribution in [2.45, 2.75) is 25.2 Å². The number of fused-ring (bicyclic) bond motifs is 1. The summed E-state index contributed by atoms with van der Waals surface area (Å²) in [5.41, 5.74) is 2.68. The third kappa shape index (κ3) is 2.94. The first kappa shape index (κ1) is 15.6. The van der Waals surface area contributed by atoms with Gasteiger partial charge in [0.05, 0.1) is 0 Å². The molecule has 1 aromatic carbocycles. The molecule has 0 amide bonds. The molecule has 0 aromatic heterocycles. The summed E-state index contributed by atoms with van der Waals surface area (Å²) in [5, 5.41) is 0. The van der Waals surface area contributed by atoms with Gasteiger partial charge in [-0.05, 0) is 46.9 Å². The molecule has 2 aliphatic carbocycles. The predicted octanol–water partition coefficient (Wildman–Crippen LogP) is 5.66. The normalized spacial score (nSPS) is 26.4. The Balaban J connectivity index is 1.80. The lowest BCUT2D eigenvalue weighted by Crippen LogP contribution is -2.23. The van der Waals surface area contributed by atoms with Crippen molar-refractivity contribution in [1.82, 2.24) is 0 Å². The van der Waals surface area contributed by atoms with Crippen molar-refractivity contribution in [2.24, 2.45) is 11.8 Å². The molecule has 2 heteroatoms. The van der Waals surface area contributed by atoms with E-state index in [-0.39, 0.29) is 0 Å². The van der Waals surface area contributed by atoms with Gasteiger partial charge in [-0.3, -0.25) is 0 Å². The minimum atomic E-state index is 0.564. The van der Waals surface area contributed by atoms with Crippen LogP contribution >= 0.6 is 15.9 Å². The number of anilines is 1. The second-order valence-corrected chi connectivity index (χ2v) is 7.28. The summed E-state index contributed by atoms with van der Waals surface area (Å²) in [5.74, 6) is 2.16. The van der Waals surface area contributed by atoms with Crippen molar-refractivity contribution in [3.63, 3.8) is 0 Å². The molecule has 2 aliphatic rings. The van der Waals surface area contributed by atoms with Gasteiger partial charge in [0.25, 0.3) is 0 Å². The van der Waals surface area contributed by atoms with Crippen molar-refractivity contribution in [1.29, 1.82) is 0 Å². The molecule has 1 nitrogen and oxygen atoms in total. The monoisotopic (exact) mass is 357 g/mol. The van der Waals surface area contributed by atoms with Gasteiger partial charge < -0.3 is 4.90 Å². The van der Waals surface area contributed by atoms with Crippen LogP contribution in [0.1, 0.15) is 30.7 Å². The van der Waals surface area contributed by atoms with E-state index in [9.17, 15) is 0 Å². The average molecular weight is 358 g/mol. The molecular weight excluding hydrogens is 334 g/mol. The molecule has 0 aliphatic heterocycles. The second-order valence-electron chi connectivity index (χ2n) is 6.36. The van der Waals surface area contributed by atoms with Crippen LogP contribution in [0.4, 0.5) is 5.69 Å². The lowest BCUT2D eigenvalue weighted by atomic mass is 9.85. The van der Waals surface area contributed by atoms with Crippen molar-refractivity contribution >= 4 is 21.6 Å². The van der Waals surface area contributed by atoms with Crippen LogP contribution in [0.25, 0.3) is 0 Å². The van der Waals surface area contributed by atoms with Crippen molar-refractivity contribution in [3.05, 3.63) is 65.7 Å². The zero-order chi connectivity index (χ0) is 15.5. The number of nitrogens with zero attached hydrogens (tertiary/aromatic N) is 1. The molecule has 0 spiro atoms. The minimum Gasteiger partial charge on any atom is -0.364 e. The third-order valence-electron chi connectivity index (χ3n) is 5.04. The Kier molecular flexibility index (Phi) is 4.87. The average Bonchev–Trinajstić information content (AvgIpc) is 3.07. The number of allylic oxidation sites excluding steroid dienone is 2. The summed E-state index contributed by atoms with van der Waals surface area (Å²) in [6.07, 6.45) is 10.4. The maximum atomic E-state index is 3.85. The van der Waals surface area contributed by atoms with Gasteiger partial charge in [0, 0.05) is 24.7 Å². The molecule has 1 aromatic rings. The Bertz CT molecular complexity index is 562. The Morgan fingerprint density at radius 1 is 1.09 bits per heavy atom. The van der Waals surface area contributed by atoms with Crippen LogP contribution < -0.4 is 4.90 Å². The highest BCUT2D eigenvalue weighted by atomic mass is 79.9. The maximum absolute atomic E-state index is 3.85. The van der Waals surface area contributed by atoms with Gasteiger partial charge in [-0.15, -0.1) is 13.2 Å². The first-order valence-electron chi connectivity index (χ1n) is 8.18. The van der Waals surface area contributed by atoms with Gasteiger partial charge in [0.2, 0.25) is 0 Å². The molecule has 0 heterocycles. The van der Waals surface area contributed by atoms with Crippen molar-refractivity contribution < 1.29 is 0 Å². The summed E-state index contributed by atoms with van der Waals surface area (Å²) in [6.45, 7) is 9.39. The Morgan fingerprint density at radius 3 is 2.41 bits per heavy atom.